The first-order valence-corrected chi connectivity index (χ1v) is 8.86. The number of ether oxygens (including phenoxy) is 3. The Morgan fingerprint density at radius 3 is 2.52 bits per heavy atom. The van der Waals surface area contributed by atoms with Crippen molar-refractivity contribution in [2.24, 2.45) is 0 Å². The molecule has 1 amide bonds. The molecule has 2 aromatic carbocycles. The Balaban J connectivity index is 1.60. The number of benzene rings is 2. The minimum absolute atomic E-state index is 0.0550. The molecule has 0 aliphatic heterocycles. The lowest BCUT2D eigenvalue weighted by Crippen LogP contribution is -2.27. The van der Waals surface area contributed by atoms with Gasteiger partial charge in [-0.05, 0) is 54.3 Å². The zero-order valence-electron chi connectivity index (χ0n) is 15.6. The molecule has 140 valence electrons. The molecule has 27 heavy (non-hydrogen) atoms. The van der Waals surface area contributed by atoms with Crippen molar-refractivity contribution in [1.82, 2.24) is 10.3 Å². The van der Waals surface area contributed by atoms with E-state index in [1.807, 2.05) is 36.4 Å². The van der Waals surface area contributed by atoms with Gasteiger partial charge in [-0.2, -0.15) is 0 Å². The monoisotopic (exact) mass is 366 g/mol. The van der Waals surface area contributed by atoms with Gasteiger partial charge in [0, 0.05) is 10.9 Å². The van der Waals surface area contributed by atoms with Crippen LogP contribution in [0.1, 0.15) is 34.1 Å². The van der Waals surface area contributed by atoms with Crippen molar-refractivity contribution < 1.29 is 19.0 Å². The average molecular weight is 366 g/mol. The summed E-state index contributed by atoms with van der Waals surface area (Å²) in [5.41, 5.74) is 3.65. The van der Waals surface area contributed by atoms with Crippen molar-refractivity contribution in [1.29, 1.82) is 0 Å². The fraction of sp³-hybridized carbons (Fsp3) is 0.286. The smallest absolute Gasteiger partial charge is 0.268 e. The zero-order chi connectivity index (χ0) is 19.0. The van der Waals surface area contributed by atoms with Crippen LogP contribution in [-0.2, 0) is 6.42 Å². The number of methoxy groups -OCH3 is 3. The largest absolute Gasteiger partial charge is 0.496 e. The lowest BCUT2D eigenvalue weighted by molar-refractivity contribution is 0.0932. The van der Waals surface area contributed by atoms with Crippen molar-refractivity contribution in [3.05, 3.63) is 53.2 Å². The number of rotatable bonds is 5. The molecular weight excluding hydrogens is 344 g/mol. The van der Waals surface area contributed by atoms with Gasteiger partial charge in [0.2, 0.25) is 0 Å². The zero-order valence-corrected chi connectivity index (χ0v) is 15.6. The van der Waals surface area contributed by atoms with E-state index in [0.29, 0.717) is 17.2 Å². The minimum atomic E-state index is -0.138. The number of nitrogens with one attached hydrogen (secondary N) is 2. The molecule has 0 fully saturated rings. The van der Waals surface area contributed by atoms with Crippen LogP contribution in [0, 0.1) is 0 Å². The summed E-state index contributed by atoms with van der Waals surface area (Å²) >= 11 is 0. The molecule has 0 unspecified atom stereocenters. The summed E-state index contributed by atoms with van der Waals surface area (Å²) in [4.78, 5) is 16.0. The predicted molar refractivity (Wildman–Crippen MR) is 103 cm³/mol. The maximum absolute atomic E-state index is 12.8. The highest BCUT2D eigenvalue weighted by atomic mass is 16.5. The summed E-state index contributed by atoms with van der Waals surface area (Å²) in [6.45, 7) is 0. The van der Waals surface area contributed by atoms with Crippen LogP contribution in [0.5, 0.6) is 17.2 Å². The van der Waals surface area contributed by atoms with E-state index in [1.54, 1.807) is 21.3 Å². The van der Waals surface area contributed by atoms with E-state index in [9.17, 15) is 4.79 Å². The van der Waals surface area contributed by atoms with Gasteiger partial charge in [0.25, 0.3) is 5.91 Å². The van der Waals surface area contributed by atoms with Gasteiger partial charge in [0.15, 0.2) is 11.5 Å². The van der Waals surface area contributed by atoms with Crippen molar-refractivity contribution in [2.45, 2.75) is 18.9 Å². The Kier molecular flexibility index (Phi) is 4.39. The molecule has 2 N–H and O–H groups in total. The number of carbonyl (C=O) groups is 1. The van der Waals surface area contributed by atoms with E-state index in [-0.39, 0.29) is 11.9 Å². The quantitative estimate of drug-likeness (QED) is 0.724. The van der Waals surface area contributed by atoms with Crippen molar-refractivity contribution in [2.75, 3.05) is 21.3 Å². The third kappa shape index (κ3) is 2.97. The lowest BCUT2D eigenvalue weighted by atomic mass is 10.1. The van der Waals surface area contributed by atoms with E-state index in [1.165, 1.54) is 5.56 Å². The van der Waals surface area contributed by atoms with Gasteiger partial charge in [0.1, 0.15) is 11.4 Å². The summed E-state index contributed by atoms with van der Waals surface area (Å²) in [6, 6.07) is 11.4. The number of aryl methyl sites for hydroxylation is 1. The highest BCUT2D eigenvalue weighted by Gasteiger charge is 2.27. The van der Waals surface area contributed by atoms with Gasteiger partial charge in [-0.25, -0.2) is 0 Å². The maximum Gasteiger partial charge on any atom is 0.268 e. The minimum Gasteiger partial charge on any atom is -0.496 e. The fourth-order valence-electron chi connectivity index (χ4n) is 3.75. The molecule has 0 radical (unpaired) electrons. The molecule has 0 bridgehead atoms. The molecule has 4 rings (SSSR count). The van der Waals surface area contributed by atoms with E-state index in [4.69, 9.17) is 14.2 Å². The summed E-state index contributed by atoms with van der Waals surface area (Å²) in [5, 5.41) is 4.02. The molecule has 0 saturated carbocycles. The third-order valence-corrected chi connectivity index (χ3v) is 5.12. The topological polar surface area (TPSA) is 72.6 Å². The first-order chi connectivity index (χ1) is 13.1. The Morgan fingerprint density at radius 2 is 1.78 bits per heavy atom. The Hall–Kier alpha value is -3.15. The second-order valence-electron chi connectivity index (χ2n) is 6.58. The molecule has 1 atom stereocenters. The SMILES string of the molecule is COc1cc2c(cc1OC)[C@H](NC(=O)c1cc3c(OC)cccc3[nH]1)CC2. The number of aromatic amines is 1. The van der Waals surface area contributed by atoms with Crippen LogP contribution >= 0.6 is 0 Å². The molecule has 0 spiro atoms. The highest BCUT2D eigenvalue weighted by Crippen LogP contribution is 2.39. The van der Waals surface area contributed by atoms with Gasteiger partial charge < -0.3 is 24.5 Å². The van der Waals surface area contributed by atoms with Crippen molar-refractivity contribution in [3.8, 4) is 17.2 Å². The standard InChI is InChI=1S/C21H22N2O4/c1-25-18-6-4-5-15-14(18)10-17(22-15)21(24)23-16-8-7-12-9-19(26-2)20(27-3)11-13(12)16/h4-6,9-11,16,22H,7-8H2,1-3H3,(H,23,24)/t16-/m1/s1. The number of aromatic nitrogens is 1. The van der Waals surface area contributed by atoms with Gasteiger partial charge in [-0.15, -0.1) is 0 Å². The molecular formula is C21H22N2O4. The van der Waals surface area contributed by atoms with Crippen LogP contribution < -0.4 is 19.5 Å². The van der Waals surface area contributed by atoms with Gasteiger partial charge in [0.05, 0.1) is 27.4 Å². The van der Waals surface area contributed by atoms with Crippen LogP contribution in [0.3, 0.4) is 0 Å². The van der Waals surface area contributed by atoms with E-state index in [2.05, 4.69) is 10.3 Å². The second kappa shape index (κ2) is 6.87. The number of hydrogen-bond acceptors (Lipinski definition) is 4. The number of carbonyl (C=O) groups excluding carboxylic acids is 1. The first-order valence-electron chi connectivity index (χ1n) is 8.86. The molecule has 0 saturated heterocycles. The van der Waals surface area contributed by atoms with Crippen molar-refractivity contribution >= 4 is 16.8 Å². The average Bonchev–Trinajstić information content (AvgIpc) is 3.30. The number of H-pyrrole nitrogens is 1. The Bertz CT molecular complexity index is 1010. The molecule has 6 nitrogen and oxygen atoms in total. The third-order valence-electron chi connectivity index (χ3n) is 5.12. The summed E-state index contributed by atoms with van der Waals surface area (Å²) < 4.78 is 16.2. The molecule has 1 aromatic heterocycles. The number of hydrogen-bond donors (Lipinski definition) is 2. The highest BCUT2D eigenvalue weighted by molar-refractivity contribution is 5.99. The normalized spacial score (nSPS) is 15.4. The van der Waals surface area contributed by atoms with Crippen LogP contribution in [0.2, 0.25) is 0 Å². The van der Waals surface area contributed by atoms with E-state index >= 15 is 0 Å². The van der Waals surface area contributed by atoms with Gasteiger partial charge in [-0.1, -0.05) is 6.07 Å². The summed E-state index contributed by atoms with van der Waals surface area (Å²) in [5.74, 6) is 1.99. The number of fused-ring (bicyclic) bond motifs is 2. The fourth-order valence-corrected chi connectivity index (χ4v) is 3.75. The molecule has 1 aliphatic rings. The molecule has 6 heteroatoms. The summed E-state index contributed by atoms with van der Waals surface area (Å²) in [7, 11) is 4.87. The Labute approximate surface area is 157 Å². The van der Waals surface area contributed by atoms with Crippen LogP contribution in [0.15, 0.2) is 36.4 Å². The van der Waals surface area contributed by atoms with Crippen LogP contribution in [0.25, 0.3) is 10.9 Å². The number of amides is 1. The summed E-state index contributed by atoms with van der Waals surface area (Å²) in [6.07, 6.45) is 1.74. The lowest BCUT2D eigenvalue weighted by Gasteiger charge is -2.16. The van der Waals surface area contributed by atoms with Crippen LogP contribution in [-0.4, -0.2) is 32.2 Å². The van der Waals surface area contributed by atoms with Gasteiger partial charge in [-0.3, -0.25) is 4.79 Å². The molecule has 1 aliphatic carbocycles. The second-order valence-corrected chi connectivity index (χ2v) is 6.58. The first kappa shape index (κ1) is 17.3. The molecule has 3 aromatic rings. The predicted octanol–water partition coefficient (Wildman–Crippen LogP) is 3.61. The van der Waals surface area contributed by atoms with E-state index in [0.717, 1.165) is 35.1 Å². The van der Waals surface area contributed by atoms with Gasteiger partial charge >= 0.3 is 0 Å². The maximum atomic E-state index is 12.8. The van der Waals surface area contributed by atoms with E-state index < -0.39 is 0 Å². The van der Waals surface area contributed by atoms with Crippen LogP contribution in [0.4, 0.5) is 0 Å². The Morgan fingerprint density at radius 1 is 1.04 bits per heavy atom. The molecule has 1 heterocycles. The van der Waals surface area contributed by atoms with Crippen molar-refractivity contribution in [3.63, 3.8) is 0 Å².